The van der Waals surface area contributed by atoms with Crippen molar-refractivity contribution in [2.45, 2.75) is 33.1 Å². The van der Waals surface area contributed by atoms with Crippen LogP contribution in [-0.2, 0) is 22.6 Å². The predicted molar refractivity (Wildman–Crippen MR) is 113 cm³/mol. The van der Waals surface area contributed by atoms with E-state index >= 15 is 0 Å². The molecular formula is C23H34N2O4. The van der Waals surface area contributed by atoms with Gasteiger partial charge in [0.1, 0.15) is 12.4 Å². The number of hydrogen-bond donors (Lipinski definition) is 1. The van der Waals surface area contributed by atoms with Gasteiger partial charge in [-0.15, -0.1) is 0 Å². The van der Waals surface area contributed by atoms with E-state index in [1.54, 1.807) is 6.26 Å². The minimum atomic E-state index is -0.542. The van der Waals surface area contributed by atoms with Crippen LogP contribution in [0.25, 0.3) is 0 Å². The van der Waals surface area contributed by atoms with E-state index in [1.165, 1.54) is 16.7 Å². The van der Waals surface area contributed by atoms with Crippen LogP contribution in [0, 0.1) is 13.8 Å². The zero-order chi connectivity index (χ0) is 20.5. The molecule has 0 bridgehead atoms. The first kappa shape index (κ1) is 22.0. The number of benzene rings is 1. The normalized spacial score (nSPS) is 16.4. The zero-order valence-electron chi connectivity index (χ0n) is 17.7. The van der Waals surface area contributed by atoms with Crippen LogP contribution in [0.15, 0.2) is 41.0 Å². The summed E-state index contributed by atoms with van der Waals surface area (Å²) in [6.45, 7) is 11.8. The molecule has 2 aromatic rings. The quantitative estimate of drug-likeness (QED) is 0.624. The minimum Gasteiger partial charge on any atom is -0.467 e. The first-order valence-electron chi connectivity index (χ1n) is 10.5. The summed E-state index contributed by atoms with van der Waals surface area (Å²) in [6, 6.07) is 10.3. The van der Waals surface area contributed by atoms with Crippen molar-refractivity contribution < 1.29 is 19.0 Å². The molecule has 1 aromatic carbocycles. The largest absolute Gasteiger partial charge is 0.467 e. The molecule has 1 saturated heterocycles. The molecule has 29 heavy (non-hydrogen) atoms. The summed E-state index contributed by atoms with van der Waals surface area (Å²) < 4.78 is 16.4. The lowest BCUT2D eigenvalue weighted by molar-refractivity contribution is -0.00155. The summed E-state index contributed by atoms with van der Waals surface area (Å²) >= 11 is 0. The molecule has 2 heterocycles. The molecule has 0 radical (unpaired) electrons. The lowest BCUT2D eigenvalue weighted by Crippen LogP contribution is -2.43. The van der Waals surface area contributed by atoms with Gasteiger partial charge in [-0.2, -0.15) is 0 Å². The van der Waals surface area contributed by atoms with Crippen LogP contribution in [0.5, 0.6) is 0 Å². The molecule has 1 aliphatic rings. The molecule has 0 saturated carbocycles. The van der Waals surface area contributed by atoms with Gasteiger partial charge in [-0.25, -0.2) is 0 Å². The number of aryl methyl sites for hydroxylation is 2. The van der Waals surface area contributed by atoms with Crippen molar-refractivity contribution in [2.24, 2.45) is 0 Å². The number of furan rings is 1. The van der Waals surface area contributed by atoms with Crippen LogP contribution >= 0.6 is 0 Å². The van der Waals surface area contributed by atoms with E-state index in [9.17, 15) is 5.11 Å². The van der Waals surface area contributed by atoms with E-state index in [-0.39, 0.29) is 0 Å². The molecule has 0 amide bonds. The minimum absolute atomic E-state index is 0.293. The van der Waals surface area contributed by atoms with Crippen LogP contribution < -0.4 is 0 Å². The third kappa shape index (κ3) is 7.57. The number of rotatable bonds is 11. The molecule has 1 aliphatic heterocycles. The number of hydrogen-bond acceptors (Lipinski definition) is 6. The fourth-order valence-corrected chi connectivity index (χ4v) is 3.60. The molecule has 0 unspecified atom stereocenters. The highest BCUT2D eigenvalue weighted by molar-refractivity contribution is 5.30. The summed E-state index contributed by atoms with van der Waals surface area (Å²) in [5.41, 5.74) is 3.87. The van der Waals surface area contributed by atoms with Gasteiger partial charge in [-0.1, -0.05) is 23.8 Å². The molecule has 1 N–H and O–H groups in total. The second-order valence-corrected chi connectivity index (χ2v) is 7.87. The van der Waals surface area contributed by atoms with E-state index in [4.69, 9.17) is 13.9 Å². The Kier molecular flexibility index (Phi) is 8.70. The maximum absolute atomic E-state index is 10.6. The second-order valence-electron chi connectivity index (χ2n) is 7.87. The van der Waals surface area contributed by atoms with Crippen LogP contribution in [0.1, 0.15) is 22.5 Å². The Labute approximate surface area is 174 Å². The molecule has 1 atom stereocenters. The van der Waals surface area contributed by atoms with E-state index in [0.717, 1.165) is 51.7 Å². The van der Waals surface area contributed by atoms with E-state index in [1.807, 2.05) is 12.1 Å². The van der Waals surface area contributed by atoms with Crippen molar-refractivity contribution >= 4 is 0 Å². The Hall–Kier alpha value is -1.70. The monoisotopic (exact) mass is 402 g/mol. The Morgan fingerprint density at radius 1 is 1.21 bits per heavy atom. The Morgan fingerprint density at radius 2 is 2.03 bits per heavy atom. The summed E-state index contributed by atoms with van der Waals surface area (Å²) in [4.78, 5) is 4.76. The van der Waals surface area contributed by atoms with Gasteiger partial charge in [0.2, 0.25) is 0 Å². The van der Waals surface area contributed by atoms with Gasteiger partial charge < -0.3 is 19.0 Å². The first-order valence-corrected chi connectivity index (χ1v) is 10.5. The number of aliphatic hydroxyl groups is 1. The second kappa shape index (κ2) is 11.5. The van der Waals surface area contributed by atoms with Crippen molar-refractivity contribution in [1.29, 1.82) is 0 Å². The first-order chi connectivity index (χ1) is 14.1. The van der Waals surface area contributed by atoms with Gasteiger partial charge in [0.15, 0.2) is 0 Å². The van der Waals surface area contributed by atoms with Crippen LogP contribution in [0.2, 0.25) is 0 Å². The number of morpholine rings is 1. The molecule has 6 nitrogen and oxygen atoms in total. The summed E-state index contributed by atoms with van der Waals surface area (Å²) in [5.74, 6) is 0.775. The third-order valence-electron chi connectivity index (χ3n) is 5.34. The van der Waals surface area contributed by atoms with Gasteiger partial charge >= 0.3 is 0 Å². The summed E-state index contributed by atoms with van der Waals surface area (Å²) in [6.07, 6.45) is 1.09. The smallest absolute Gasteiger partial charge is 0.129 e. The average Bonchev–Trinajstić information content (AvgIpc) is 3.23. The predicted octanol–water partition coefficient (Wildman–Crippen LogP) is 2.61. The Bertz CT molecular complexity index is 714. The van der Waals surface area contributed by atoms with Crippen molar-refractivity contribution in [3.8, 4) is 0 Å². The van der Waals surface area contributed by atoms with Gasteiger partial charge in [0, 0.05) is 39.3 Å². The molecule has 160 valence electrons. The maximum atomic E-state index is 10.6. The highest BCUT2D eigenvalue weighted by Crippen LogP contribution is 2.14. The van der Waals surface area contributed by atoms with Crippen LogP contribution in [0.3, 0.4) is 0 Å². The summed E-state index contributed by atoms with van der Waals surface area (Å²) in [7, 11) is 0. The summed E-state index contributed by atoms with van der Waals surface area (Å²) in [5, 5.41) is 10.6. The zero-order valence-corrected chi connectivity index (χ0v) is 17.7. The molecule has 1 aromatic heterocycles. The SMILES string of the molecule is Cc1ccc(C)c(CN(CCN2CCOCC2)C[C@H](O)COCc2ccco2)c1. The van der Waals surface area contributed by atoms with Crippen molar-refractivity contribution in [2.75, 3.05) is 52.5 Å². The van der Waals surface area contributed by atoms with Gasteiger partial charge in [0.25, 0.3) is 0 Å². The molecule has 0 spiro atoms. The van der Waals surface area contributed by atoms with E-state index in [2.05, 4.69) is 41.8 Å². The number of ether oxygens (including phenoxy) is 2. The molecule has 6 heteroatoms. The maximum Gasteiger partial charge on any atom is 0.129 e. The number of aliphatic hydroxyl groups excluding tert-OH is 1. The van der Waals surface area contributed by atoms with Gasteiger partial charge in [-0.05, 0) is 37.1 Å². The van der Waals surface area contributed by atoms with Crippen molar-refractivity contribution in [3.63, 3.8) is 0 Å². The fourth-order valence-electron chi connectivity index (χ4n) is 3.60. The van der Waals surface area contributed by atoms with Crippen molar-refractivity contribution in [3.05, 3.63) is 59.0 Å². The average molecular weight is 403 g/mol. The van der Waals surface area contributed by atoms with E-state index in [0.29, 0.717) is 19.8 Å². The van der Waals surface area contributed by atoms with E-state index < -0.39 is 6.10 Å². The number of nitrogens with zero attached hydrogens (tertiary/aromatic N) is 2. The molecule has 0 aliphatic carbocycles. The Balaban J connectivity index is 1.54. The van der Waals surface area contributed by atoms with Gasteiger partial charge in [0.05, 0.1) is 32.2 Å². The topological polar surface area (TPSA) is 58.3 Å². The lowest BCUT2D eigenvalue weighted by atomic mass is 10.0. The third-order valence-corrected chi connectivity index (χ3v) is 5.34. The Morgan fingerprint density at radius 3 is 2.79 bits per heavy atom. The standard InChI is InChI=1S/C23H34N2O4/c1-19-5-6-20(2)21(14-19)15-25(8-7-24-9-12-27-13-10-24)16-22(26)17-28-18-23-4-3-11-29-23/h3-6,11,14,22,26H,7-10,12-13,15-18H2,1-2H3/t22-/m0/s1. The van der Waals surface area contributed by atoms with Crippen LogP contribution in [0.4, 0.5) is 0 Å². The lowest BCUT2D eigenvalue weighted by Gasteiger charge is -2.31. The fraction of sp³-hybridized carbons (Fsp3) is 0.565. The van der Waals surface area contributed by atoms with Gasteiger partial charge in [-0.3, -0.25) is 9.80 Å². The molecule has 1 fully saturated rings. The highest BCUT2D eigenvalue weighted by atomic mass is 16.5. The molecular weight excluding hydrogens is 368 g/mol. The molecule has 3 rings (SSSR count). The van der Waals surface area contributed by atoms with Crippen LogP contribution in [-0.4, -0.2) is 73.6 Å². The van der Waals surface area contributed by atoms with Crippen molar-refractivity contribution in [1.82, 2.24) is 9.80 Å². The highest BCUT2D eigenvalue weighted by Gasteiger charge is 2.17.